The SMILES string of the molecule is O=C(Nc1nc(C(Cl)(Cl)Cl)nc(C(Cl)(Cl)Cl)n1)Nc1cccc2c1ccc1c3ccccc3ccc21. The van der Waals surface area contributed by atoms with Gasteiger partial charge in [-0.3, -0.25) is 5.32 Å². The average Bonchev–Trinajstić information content (AvgIpc) is 2.82. The fraction of sp³-hybridized carbons (Fsp3) is 0.0833. The molecule has 1 heterocycles. The van der Waals surface area contributed by atoms with Gasteiger partial charge in [0, 0.05) is 5.39 Å². The highest BCUT2D eigenvalue weighted by Crippen LogP contribution is 2.40. The molecule has 5 rings (SSSR count). The Morgan fingerprint density at radius 3 is 1.83 bits per heavy atom. The number of nitrogens with zero attached hydrogens (tertiary/aromatic N) is 3. The third-order valence-corrected chi connectivity index (χ3v) is 6.41. The van der Waals surface area contributed by atoms with E-state index >= 15 is 0 Å². The van der Waals surface area contributed by atoms with Gasteiger partial charge in [0.1, 0.15) is 0 Å². The van der Waals surface area contributed by atoms with Crippen LogP contribution < -0.4 is 10.6 Å². The number of anilines is 2. The van der Waals surface area contributed by atoms with Crippen molar-refractivity contribution in [3.05, 3.63) is 78.4 Å². The van der Waals surface area contributed by atoms with E-state index < -0.39 is 13.6 Å². The van der Waals surface area contributed by atoms with Crippen LogP contribution in [-0.2, 0) is 7.59 Å². The average molecular weight is 600 g/mol. The molecule has 2 amide bonds. The van der Waals surface area contributed by atoms with E-state index in [1.165, 1.54) is 0 Å². The molecule has 36 heavy (non-hydrogen) atoms. The highest BCUT2D eigenvalue weighted by atomic mass is 35.6. The number of benzene rings is 4. The molecule has 182 valence electrons. The zero-order chi connectivity index (χ0) is 25.7. The number of urea groups is 1. The molecule has 1 aromatic heterocycles. The summed E-state index contributed by atoms with van der Waals surface area (Å²) < 4.78 is -4.08. The van der Waals surface area contributed by atoms with E-state index in [1.54, 1.807) is 6.07 Å². The van der Waals surface area contributed by atoms with Crippen LogP contribution in [0.1, 0.15) is 11.6 Å². The summed E-state index contributed by atoms with van der Waals surface area (Å²) in [4.78, 5) is 24.7. The van der Waals surface area contributed by atoms with E-state index in [1.807, 2.05) is 36.4 Å². The molecule has 0 aliphatic carbocycles. The number of amides is 2. The van der Waals surface area contributed by atoms with Crippen molar-refractivity contribution in [1.82, 2.24) is 15.0 Å². The van der Waals surface area contributed by atoms with Gasteiger partial charge in [0.2, 0.25) is 13.5 Å². The highest BCUT2D eigenvalue weighted by molar-refractivity contribution is 6.67. The molecule has 0 aliphatic rings. The molecule has 4 aromatic carbocycles. The molecule has 0 atom stereocenters. The number of hydrogen-bond acceptors (Lipinski definition) is 4. The second kappa shape index (κ2) is 9.53. The molecule has 0 saturated carbocycles. The van der Waals surface area contributed by atoms with Gasteiger partial charge in [-0.25, -0.2) is 9.78 Å². The molecule has 0 saturated heterocycles. The Hall–Kier alpha value is -2.32. The van der Waals surface area contributed by atoms with Gasteiger partial charge in [0.15, 0.2) is 11.6 Å². The minimum Gasteiger partial charge on any atom is -0.307 e. The summed E-state index contributed by atoms with van der Waals surface area (Å²) in [6, 6.07) is 21.3. The van der Waals surface area contributed by atoms with Gasteiger partial charge in [-0.15, -0.1) is 0 Å². The van der Waals surface area contributed by atoms with E-state index in [9.17, 15) is 4.79 Å². The van der Waals surface area contributed by atoms with Crippen molar-refractivity contribution in [2.24, 2.45) is 0 Å². The quantitative estimate of drug-likeness (QED) is 0.157. The molecule has 2 N–H and O–H groups in total. The maximum atomic E-state index is 12.9. The van der Waals surface area contributed by atoms with Crippen molar-refractivity contribution < 1.29 is 4.79 Å². The second-order valence-electron chi connectivity index (χ2n) is 7.73. The monoisotopic (exact) mass is 597 g/mol. The lowest BCUT2D eigenvalue weighted by Crippen LogP contribution is -2.24. The van der Waals surface area contributed by atoms with Crippen LogP contribution in [0.25, 0.3) is 32.3 Å². The zero-order valence-electron chi connectivity index (χ0n) is 17.9. The second-order valence-corrected chi connectivity index (χ2v) is 12.3. The standard InChI is InChI=1S/C24H13Cl6N5O/c25-23(26,27)19-32-20(24(28,29)30)34-21(33-19)35-22(36)31-18-7-3-6-14-16-9-8-12-4-1-2-5-13(12)15(16)10-11-17(14)18/h1-11H,(H2,31,32,33,34,35,36). The summed E-state index contributed by atoms with van der Waals surface area (Å²) in [5.41, 5.74) is 0.567. The summed E-state index contributed by atoms with van der Waals surface area (Å²) in [7, 11) is 0. The third-order valence-electron chi connectivity index (χ3n) is 5.40. The first kappa shape index (κ1) is 25.3. The van der Waals surface area contributed by atoms with Crippen molar-refractivity contribution in [1.29, 1.82) is 0 Å². The lowest BCUT2D eigenvalue weighted by atomic mass is 9.96. The highest BCUT2D eigenvalue weighted by Gasteiger charge is 2.34. The van der Waals surface area contributed by atoms with Crippen LogP contribution in [0.3, 0.4) is 0 Å². The van der Waals surface area contributed by atoms with Crippen molar-refractivity contribution in [2.75, 3.05) is 10.6 Å². The predicted molar refractivity (Wildman–Crippen MR) is 150 cm³/mol. The normalized spacial score (nSPS) is 12.3. The Labute approximate surface area is 234 Å². The molecule has 5 aromatic rings. The molecule has 0 fully saturated rings. The molecule has 6 nitrogen and oxygen atoms in total. The predicted octanol–water partition coefficient (Wildman–Crippen LogP) is 8.63. The van der Waals surface area contributed by atoms with Gasteiger partial charge in [-0.2, -0.15) is 9.97 Å². The summed E-state index contributed by atoms with van der Waals surface area (Å²) in [5, 5.41) is 11.6. The van der Waals surface area contributed by atoms with Gasteiger partial charge in [0.05, 0.1) is 5.69 Å². The van der Waals surface area contributed by atoms with Gasteiger partial charge < -0.3 is 5.32 Å². The maximum Gasteiger partial charge on any atom is 0.326 e. The summed E-state index contributed by atoms with van der Waals surface area (Å²) in [6.45, 7) is 0. The number of fused-ring (bicyclic) bond motifs is 5. The Morgan fingerprint density at radius 2 is 1.14 bits per heavy atom. The molecular formula is C24H13Cl6N5O. The third kappa shape index (κ3) is 5.07. The van der Waals surface area contributed by atoms with Gasteiger partial charge >= 0.3 is 6.03 Å². The van der Waals surface area contributed by atoms with Crippen LogP contribution in [0.2, 0.25) is 0 Å². The Morgan fingerprint density at radius 1 is 0.583 bits per heavy atom. The number of aromatic nitrogens is 3. The molecular weight excluding hydrogens is 587 g/mol. The van der Waals surface area contributed by atoms with Crippen LogP contribution in [0.5, 0.6) is 0 Å². The number of nitrogens with one attached hydrogen (secondary N) is 2. The number of rotatable bonds is 2. The topological polar surface area (TPSA) is 79.8 Å². The Balaban J connectivity index is 1.50. The smallest absolute Gasteiger partial charge is 0.307 e. The van der Waals surface area contributed by atoms with Crippen LogP contribution in [0, 0.1) is 0 Å². The van der Waals surface area contributed by atoms with Gasteiger partial charge in [0.25, 0.3) is 0 Å². The molecule has 0 spiro atoms. The van der Waals surface area contributed by atoms with Crippen LogP contribution in [0.15, 0.2) is 66.7 Å². The first-order valence-corrected chi connectivity index (χ1v) is 12.6. The van der Waals surface area contributed by atoms with Crippen LogP contribution >= 0.6 is 69.6 Å². The van der Waals surface area contributed by atoms with E-state index in [4.69, 9.17) is 69.6 Å². The van der Waals surface area contributed by atoms with E-state index in [0.29, 0.717) is 5.69 Å². The molecule has 0 unspecified atom stereocenters. The summed E-state index contributed by atoms with van der Waals surface area (Å²) >= 11 is 35.3. The maximum absolute atomic E-state index is 12.9. The van der Waals surface area contributed by atoms with E-state index in [-0.39, 0.29) is 17.6 Å². The molecule has 12 heteroatoms. The van der Waals surface area contributed by atoms with E-state index in [2.05, 4.69) is 49.9 Å². The molecule has 0 bridgehead atoms. The van der Waals surface area contributed by atoms with Crippen molar-refractivity contribution >= 4 is 120 Å². The number of carbonyl (C=O) groups is 1. The Bertz CT molecular complexity index is 1620. The Kier molecular flexibility index (Phi) is 6.70. The largest absolute Gasteiger partial charge is 0.326 e. The number of carbonyl (C=O) groups excluding carboxylic acids is 1. The van der Waals surface area contributed by atoms with Crippen molar-refractivity contribution in [2.45, 2.75) is 7.59 Å². The molecule has 0 radical (unpaired) electrons. The van der Waals surface area contributed by atoms with Crippen molar-refractivity contribution in [3.63, 3.8) is 0 Å². The zero-order valence-corrected chi connectivity index (χ0v) is 22.4. The summed E-state index contributed by atoms with van der Waals surface area (Å²) in [6.07, 6.45) is 0. The van der Waals surface area contributed by atoms with Gasteiger partial charge in [-0.1, -0.05) is 130 Å². The van der Waals surface area contributed by atoms with Crippen molar-refractivity contribution in [3.8, 4) is 0 Å². The first-order chi connectivity index (χ1) is 17.0. The van der Waals surface area contributed by atoms with Gasteiger partial charge in [-0.05, 0) is 33.0 Å². The fourth-order valence-electron chi connectivity index (χ4n) is 3.91. The number of hydrogen-bond donors (Lipinski definition) is 2. The minimum atomic E-state index is -2.04. The fourth-order valence-corrected chi connectivity index (χ4v) is 4.41. The van der Waals surface area contributed by atoms with Crippen LogP contribution in [-0.4, -0.2) is 21.0 Å². The number of halogens is 6. The van der Waals surface area contributed by atoms with E-state index in [0.717, 1.165) is 32.3 Å². The lowest BCUT2D eigenvalue weighted by molar-refractivity contribution is 0.262. The summed E-state index contributed by atoms with van der Waals surface area (Å²) in [5.74, 6) is -0.895. The molecule has 0 aliphatic heterocycles. The lowest BCUT2D eigenvalue weighted by Gasteiger charge is -2.16. The minimum absolute atomic E-state index is 0.262. The van der Waals surface area contributed by atoms with Crippen LogP contribution in [0.4, 0.5) is 16.4 Å². The first-order valence-electron chi connectivity index (χ1n) is 10.3. The number of alkyl halides is 6.